The molecule has 0 saturated carbocycles. The van der Waals surface area contributed by atoms with Crippen LogP contribution in [0.4, 0.5) is 0 Å². The highest BCUT2D eigenvalue weighted by Gasteiger charge is 2.25. The van der Waals surface area contributed by atoms with E-state index in [2.05, 4.69) is 9.97 Å². The van der Waals surface area contributed by atoms with Crippen molar-refractivity contribution in [2.75, 3.05) is 0 Å². The van der Waals surface area contributed by atoms with Gasteiger partial charge in [-0.05, 0) is 24.3 Å². The quantitative estimate of drug-likeness (QED) is 0.685. The summed E-state index contributed by atoms with van der Waals surface area (Å²) in [5.41, 5.74) is 2.52. The third-order valence-corrected chi connectivity index (χ3v) is 3.19. The van der Waals surface area contributed by atoms with Crippen LogP contribution in [0.1, 0.15) is 27.7 Å². The van der Waals surface area contributed by atoms with Crippen molar-refractivity contribution in [3.63, 3.8) is 0 Å². The Morgan fingerprint density at radius 1 is 0.789 bits per heavy atom. The summed E-state index contributed by atoms with van der Waals surface area (Å²) >= 11 is 0. The molecule has 0 amide bonds. The first-order chi connectivity index (χ1) is 9.36. The molecule has 1 aromatic carbocycles. The topological polar surface area (TPSA) is 48.6 Å². The van der Waals surface area contributed by atoms with Crippen molar-refractivity contribution in [2.24, 2.45) is 0 Å². The summed E-state index contributed by atoms with van der Waals surface area (Å²) in [6.07, 6.45) is 3.67. The zero-order chi connectivity index (χ0) is 13.1. The number of ketones is 1. The Kier molecular flexibility index (Phi) is 3.02. The van der Waals surface area contributed by atoms with E-state index in [0.717, 1.165) is 17.0 Å². The van der Waals surface area contributed by atoms with Crippen LogP contribution in [0.5, 0.6) is 0 Å². The van der Waals surface area contributed by atoms with E-state index in [4.69, 9.17) is 0 Å². The van der Waals surface area contributed by atoms with Gasteiger partial charge in [-0.25, -0.2) is 0 Å². The van der Waals surface area contributed by atoms with Gasteiger partial charge >= 0.3 is 0 Å². The van der Waals surface area contributed by atoms with E-state index in [0.29, 0.717) is 0 Å². The SMILES string of the molecule is O=C(c1ccccc1)C(c1ccc[nH]1)c1ccc[nH]1. The van der Waals surface area contributed by atoms with E-state index in [9.17, 15) is 4.79 Å². The minimum absolute atomic E-state index is 0.0884. The lowest BCUT2D eigenvalue weighted by Gasteiger charge is -2.13. The van der Waals surface area contributed by atoms with Crippen LogP contribution in [-0.4, -0.2) is 15.8 Å². The third kappa shape index (κ3) is 2.22. The molecule has 19 heavy (non-hydrogen) atoms. The number of carbonyl (C=O) groups is 1. The first-order valence-corrected chi connectivity index (χ1v) is 6.22. The van der Waals surface area contributed by atoms with Gasteiger partial charge in [-0.3, -0.25) is 4.79 Å². The standard InChI is InChI=1S/C16H14N2O/c19-16(12-6-2-1-3-7-12)15(13-8-4-10-17-13)14-9-5-11-18-14/h1-11,15,17-18H. The van der Waals surface area contributed by atoms with Crippen LogP contribution >= 0.6 is 0 Å². The summed E-state index contributed by atoms with van der Waals surface area (Å²) in [4.78, 5) is 19.0. The second-order valence-corrected chi connectivity index (χ2v) is 4.41. The molecule has 3 rings (SSSR count). The van der Waals surface area contributed by atoms with Crippen LogP contribution in [0.25, 0.3) is 0 Å². The molecule has 0 spiro atoms. The van der Waals surface area contributed by atoms with Gasteiger partial charge in [0.2, 0.25) is 0 Å². The number of aromatic nitrogens is 2. The Balaban J connectivity index is 2.03. The molecule has 3 nitrogen and oxygen atoms in total. The summed E-state index contributed by atoms with van der Waals surface area (Å²) in [6.45, 7) is 0. The molecule has 3 aromatic rings. The first kappa shape index (κ1) is 11.5. The van der Waals surface area contributed by atoms with Crippen LogP contribution in [0.3, 0.4) is 0 Å². The Labute approximate surface area is 111 Å². The van der Waals surface area contributed by atoms with Gasteiger partial charge in [-0.15, -0.1) is 0 Å². The lowest BCUT2D eigenvalue weighted by molar-refractivity contribution is 0.0971. The van der Waals surface area contributed by atoms with Gasteiger partial charge in [-0.1, -0.05) is 30.3 Å². The fraction of sp³-hybridized carbons (Fsp3) is 0.0625. The van der Waals surface area contributed by atoms with Gasteiger partial charge in [0.1, 0.15) is 5.92 Å². The third-order valence-electron chi connectivity index (χ3n) is 3.19. The molecule has 2 heterocycles. The molecule has 0 atom stereocenters. The zero-order valence-electron chi connectivity index (χ0n) is 10.3. The van der Waals surface area contributed by atoms with Crippen molar-refractivity contribution in [2.45, 2.75) is 5.92 Å². The highest BCUT2D eigenvalue weighted by Crippen LogP contribution is 2.26. The number of benzene rings is 1. The lowest BCUT2D eigenvalue weighted by atomic mass is 9.92. The average Bonchev–Trinajstić information content (AvgIpc) is 3.13. The van der Waals surface area contributed by atoms with Crippen LogP contribution in [0.15, 0.2) is 67.0 Å². The van der Waals surface area contributed by atoms with Crippen LogP contribution in [0, 0.1) is 0 Å². The maximum atomic E-state index is 12.7. The fourth-order valence-electron chi connectivity index (χ4n) is 2.27. The van der Waals surface area contributed by atoms with Gasteiger partial charge in [0.15, 0.2) is 5.78 Å². The van der Waals surface area contributed by atoms with Crippen molar-refractivity contribution in [1.29, 1.82) is 0 Å². The Bertz CT molecular complexity index is 605. The van der Waals surface area contributed by atoms with E-state index in [1.807, 2.05) is 67.0 Å². The number of carbonyl (C=O) groups excluding carboxylic acids is 1. The van der Waals surface area contributed by atoms with Crippen molar-refractivity contribution in [3.8, 4) is 0 Å². The largest absolute Gasteiger partial charge is 0.364 e. The molecule has 0 radical (unpaired) electrons. The number of hydrogen-bond donors (Lipinski definition) is 2. The summed E-state index contributed by atoms with van der Waals surface area (Å²) in [7, 11) is 0. The van der Waals surface area contributed by atoms with E-state index >= 15 is 0 Å². The highest BCUT2D eigenvalue weighted by atomic mass is 16.1. The molecule has 2 aromatic heterocycles. The van der Waals surface area contributed by atoms with Crippen molar-refractivity contribution in [1.82, 2.24) is 9.97 Å². The minimum atomic E-state index is -0.313. The molecular weight excluding hydrogens is 236 g/mol. The second kappa shape index (κ2) is 4.98. The molecule has 0 unspecified atom stereocenters. The highest BCUT2D eigenvalue weighted by molar-refractivity contribution is 6.02. The normalized spacial score (nSPS) is 10.8. The number of rotatable bonds is 4. The number of hydrogen-bond acceptors (Lipinski definition) is 1. The molecule has 2 N–H and O–H groups in total. The molecule has 3 heteroatoms. The summed E-state index contributed by atoms with van der Waals surface area (Å²) < 4.78 is 0. The van der Waals surface area contributed by atoms with Gasteiger partial charge in [0.25, 0.3) is 0 Å². The van der Waals surface area contributed by atoms with Crippen LogP contribution in [0.2, 0.25) is 0 Å². The number of Topliss-reactive ketones (excluding diaryl/α,β-unsaturated/α-hetero) is 1. The van der Waals surface area contributed by atoms with E-state index in [1.54, 1.807) is 0 Å². The van der Waals surface area contributed by atoms with Crippen LogP contribution < -0.4 is 0 Å². The maximum Gasteiger partial charge on any atom is 0.177 e. The second-order valence-electron chi connectivity index (χ2n) is 4.41. The molecule has 0 aliphatic carbocycles. The number of H-pyrrole nitrogens is 2. The summed E-state index contributed by atoms with van der Waals surface area (Å²) in [5.74, 6) is -0.224. The predicted octanol–water partition coefficient (Wildman–Crippen LogP) is 3.36. The minimum Gasteiger partial charge on any atom is -0.364 e. The van der Waals surface area contributed by atoms with Gasteiger partial charge in [0, 0.05) is 29.3 Å². The smallest absolute Gasteiger partial charge is 0.177 e. The Morgan fingerprint density at radius 3 is 1.84 bits per heavy atom. The molecule has 94 valence electrons. The molecule has 0 aliphatic rings. The van der Waals surface area contributed by atoms with Crippen LogP contribution in [-0.2, 0) is 0 Å². The molecule has 0 bridgehead atoms. The average molecular weight is 250 g/mol. The fourth-order valence-corrected chi connectivity index (χ4v) is 2.27. The van der Waals surface area contributed by atoms with Gasteiger partial charge < -0.3 is 9.97 Å². The van der Waals surface area contributed by atoms with E-state index in [1.165, 1.54) is 0 Å². The van der Waals surface area contributed by atoms with Crippen molar-refractivity contribution in [3.05, 3.63) is 83.9 Å². The van der Waals surface area contributed by atoms with Gasteiger partial charge in [-0.2, -0.15) is 0 Å². The molecular formula is C16H14N2O. The maximum absolute atomic E-state index is 12.7. The van der Waals surface area contributed by atoms with Crippen molar-refractivity contribution < 1.29 is 4.79 Å². The number of nitrogens with one attached hydrogen (secondary N) is 2. The molecule has 0 saturated heterocycles. The summed E-state index contributed by atoms with van der Waals surface area (Å²) in [6, 6.07) is 17.1. The van der Waals surface area contributed by atoms with E-state index in [-0.39, 0.29) is 11.7 Å². The monoisotopic (exact) mass is 250 g/mol. The Morgan fingerprint density at radius 2 is 1.37 bits per heavy atom. The number of aromatic amines is 2. The van der Waals surface area contributed by atoms with Crippen molar-refractivity contribution >= 4 is 5.78 Å². The lowest BCUT2D eigenvalue weighted by Crippen LogP contribution is -2.15. The first-order valence-electron chi connectivity index (χ1n) is 6.22. The predicted molar refractivity (Wildman–Crippen MR) is 74.2 cm³/mol. The zero-order valence-corrected chi connectivity index (χ0v) is 10.3. The summed E-state index contributed by atoms with van der Waals surface area (Å²) in [5, 5.41) is 0. The Hall–Kier alpha value is -2.55. The van der Waals surface area contributed by atoms with E-state index < -0.39 is 0 Å². The van der Waals surface area contributed by atoms with Gasteiger partial charge in [0.05, 0.1) is 0 Å². The molecule has 0 fully saturated rings. The molecule has 0 aliphatic heterocycles.